The molecule has 0 saturated carbocycles. The monoisotopic (exact) mass is 246 g/mol. The van der Waals surface area contributed by atoms with E-state index in [0.717, 1.165) is 12.1 Å². The van der Waals surface area contributed by atoms with Gasteiger partial charge >= 0.3 is 0 Å². The van der Waals surface area contributed by atoms with Crippen LogP contribution in [0, 0.1) is 5.82 Å². The third-order valence-corrected chi connectivity index (χ3v) is 2.45. The fourth-order valence-corrected chi connectivity index (χ4v) is 1.53. The van der Waals surface area contributed by atoms with E-state index in [9.17, 15) is 4.39 Å². The van der Waals surface area contributed by atoms with E-state index < -0.39 is 0 Å². The molecule has 0 unspecified atom stereocenters. The summed E-state index contributed by atoms with van der Waals surface area (Å²) in [6, 6.07) is 10.3. The highest BCUT2D eigenvalue weighted by atomic mass is 19.1. The summed E-state index contributed by atoms with van der Waals surface area (Å²) in [5.74, 6) is -0.0326. The molecular formula is C14H15FN2O. The predicted octanol–water partition coefficient (Wildman–Crippen LogP) is 2.39. The Morgan fingerprint density at radius 2 is 1.89 bits per heavy atom. The number of aromatic nitrogens is 1. The molecule has 0 amide bonds. The van der Waals surface area contributed by atoms with Crippen molar-refractivity contribution in [1.82, 2.24) is 10.3 Å². The fourth-order valence-electron chi connectivity index (χ4n) is 1.53. The van der Waals surface area contributed by atoms with E-state index in [1.54, 1.807) is 30.6 Å². The molecule has 1 N–H and O–H groups in total. The molecule has 2 rings (SSSR count). The van der Waals surface area contributed by atoms with Crippen LogP contribution in [0.1, 0.15) is 5.56 Å². The average Bonchev–Trinajstić information content (AvgIpc) is 2.42. The van der Waals surface area contributed by atoms with E-state index >= 15 is 0 Å². The van der Waals surface area contributed by atoms with Crippen molar-refractivity contribution in [3.8, 4) is 5.75 Å². The van der Waals surface area contributed by atoms with Gasteiger partial charge in [-0.2, -0.15) is 0 Å². The van der Waals surface area contributed by atoms with Crippen LogP contribution in [0.15, 0.2) is 48.8 Å². The Labute approximate surface area is 106 Å². The first-order chi connectivity index (χ1) is 8.86. The van der Waals surface area contributed by atoms with Crippen LogP contribution < -0.4 is 10.1 Å². The zero-order valence-corrected chi connectivity index (χ0v) is 9.97. The van der Waals surface area contributed by atoms with Crippen LogP contribution in [-0.4, -0.2) is 18.1 Å². The van der Waals surface area contributed by atoms with Crippen LogP contribution in [0.4, 0.5) is 4.39 Å². The van der Waals surface area contributed by atoms with Crippen molar-refractivity contribution in [3.05, 3.63) is 60.2 Å². The molecule has 2 aromatic rings. The zero-order chi connectivity index (χ0) is 12.6. The summed E-state index contributed by atoms with van der Waals surface area (Å²) in [5.41, 5.74) is 1.16. The first kappa shape index (κ1) is 12.5. The molecule has 0 aliphatic heterocycles. The van der Waals surface area contributed by atoms with Gasteiger partial charge in [-0.25, -0.2) is 4.39 Å². The summed E-state index contributed by atoms with van der Waals surface area (Å²) in [7, 11) is 0. The predicted molar refractivity (Wildman–Crippen MR) is 67.8 cm³/mol. The maximum absolute atomic E-state index is 13.2. The summed E-state index contributed by atoms with van der Waals surface area (Å²) in [5, 5.41) is 3.22. The number of rotatable bonds is 6. The highest BCUT2D eigenvalue weighted by molar-refractivity contribution is 5.23. The van der Waals surface area contributed by atoms with E-state index in [-0.39, 0.29) is 5.82 Å². The number of benzene rings is 1. The largest absolute Gasteiger partial charge is 0.489 e. The molecule has 4 heteroatoms. The van der Waals surface area contributed by atoms with E-state index in [1.165, 1.54) is 6.07 Å². The van der Waals surface area contributed by atoms with Crippen LogP contribution >= 0.6 is 0 Å². The number of hydrogen-bond acceptors (Lipinski definition) is 3. The lowest BCUT2D eigenvalue weighted by Gasteiger charge is -2.08. The average molecular weight is 246 g/mol. The topological polar surface area (TPSA) is 34.1 Å². The second-order valence-corrected chi connectivity index (χ2v) is 3.81. The van der Waals surface area contributed by atoms with Gasteiger partial charge in [0.2, 0.25) is 0 Å². The summed E-state index contributed by atoms with van der Waals surface area (Å²) >= 11 is 0. The molecular weight excluding hydrogens is 231 g/mol. The quantitative estimate of drug-likeness (QED) is 0.795. The SMILES string of the molecule is Fc1ccccc1OCCNCc1ccncc1. The number of halogens is 1. The summed E-state index contributed by atoms with van der Waals surface area (Å²) in [6.45, 7) is 1.85. The molecule has 1 aromatic carbocycles. The van der Waals surface area contributed by atoms with Crippen molar-refractivity contribution in [3.63, 3.8) is 0 Å². The van der Waals surface area contributed by atoms with Gasteiger partial charge in [-0.1, -0.05) is 12.1 Å². The number of nitrogens with zero attached hydrogens (tertiary/aromatic N) is 1. The highest BCUT2D eigenvalue weighted by Crippen LogP contribution is 2.14. The van der Waals surface area contributed by atoms with Gasteiger partial charge in [0.1, 0.15) is 6.61 Å². The normalized spacial score (nSPS) is 10.3. The zero-order valence-electron chi connectivity index (χ0n) is 9.97. The summed E-state index contributed by atoms with van der Waals surface area (Å²) < 4.78 is 18.5. The lowest BCUT2D eigenvalue weighted by atomic mass is 10.3. The highest BCUT2D eigenvalue weighted by Gasteiger charge is 2.00. The number of para-hydroxylation sites is 1. The molecule has 0 bridgehead atoms. The minimum Gasteiger partial charge on any atom is -0.489 e. The van der Waals surface area contributed by atoms with Gasteiger partial charge in [-0.15, -0.1) is 0 Å². The van der Waals surface area contributed by atoms with Crippen molar-refractivity contribution in [2.24, 2.45) is 0 Å². The minimum absolute atomic E-state index is 0.295. The Bertz CT molecular complexity index is 476. The third kappa shape index (κ3) is 3.82. The van der Waals surface area contributed by atoms with Crippen LogP contribution in [-0.2, 0) is 6.54 Å². The standard InChI is InChI=1S/C14H15FN2O/c15-13-3-1-2-4-14(13)18-10-9-17-11-12-5-7-16-8-6-12/h1-8,17H,9-11H2. The Balaban J connectivity index is 1.66. The van der Waals surface area contributed by atoms with Gasteiger partial charge in [0.25, 0.3) is 0 Å². The van der Waals surface area contributed by atoms with E-state index in [2.05, 4.69) is 10.3 Å². The lowest BCUT2D eigenvalue weighted by molar-refractivity contribution is 0.298. The van der Waals surface area contributed by atoms with Gasteiger partial charge in [0.15, 0.2) is 11.6 Å². The second-order valence-electron chi connectivity index (χ2n) is 3.81. The van der Waals surface area contributed by atoms with E-state index in [4.69, 9.17) is 4.74 Å². The molecule has 1 aromatic heterocycles. The molecule has 0 aliphatic carbocycles. The molecule has 0 aliphatic rings. The second kappa shape index (κ2) is 6.71. The number of hydrogen-bond donors (Lipinski definition) is 1. The van der Waals surface area contributed by atoms with Gasteiger partial charge < -0.3 is 10.1 Å². The van der Waals surface area contributed by atoms with Crippen molar-refractivity contribution in [2.75, 3.05) is 13.2 Å². The van der Waals surface area contributed by atoms with Gasteiger partial charge in [0, 0.05) is 25.5 Å². The molecule has 0 radical (unpaired) electrons. The number of pyridine rings is 1. The minimum atomic E-state index is -0.327. The van der Waals surface area contributed by atoms with Gasteiger partial charge in [0.05, 0.1) is 0 Å². The van der Waals surface area contributed by atoms with Gasteiger partial charge in [-0.3, -0.25) is 4.98 Å². The molecule has 1 heterocycles. The summed E-state index contributed by atoms with van der Waals surface area (Å²) in [6.07, 6.45) is 3.51. The first-order valence-electron chi connectivity index (χ1n) is 5.83. The van der Waals surface area contributed by atoms with Crippen LogP contribution in [0.3, 0.4) is 0 Å². The molecule has 0 fully saturated rings. The Kier molecular flexibility index (Phi) is 4.67. The van der Waals surface area contributed by atoms with E-state index in [1.807, 2.05) is 12.1 Å². The molecule has 3 nitrogen and oxygen atoms in total. The molecule has 18 heavy (non-hydrogen) atoms. The Morgan fingerprint density at radius 3 is 2.67 bits per heavy atom. The number of ether oxygens (including phenoxy) is 1. The Hall–Kier alpha value is -1.94. The first-order valence-corrected chi connectivity index (χ1v) is 5.83. The van der Waals surface area contributed by atoms with E-state index in [0.29, 0.717) is 18.9 Å². The molecule has 0 spiro atoms. The molecule has 0 atom stereocenters. The third-order valence-electron chi connectivity index (χ3n) is 2.45. The maximum Gasteiger partial charge on any atom is 0.165 e. The molecule has 94 valence electrons. The van der Waals surface area contributed by atoms with Crippen LogP contribution in [0.25, 0.3) is 0 Å². The van der Waals surface area contributed by atoms with Crippen LogP contribution in [0.2, 0.25) is 0 Å². The van der Waals surface area contributed by atoms with Crippen molar-refractivity contribution < 1.29 is 9.13 Å². The van der Waals surface area contributed by atoms with Crippen molar-refractivity contribution in [1.29, 1.82) is 0 Å². The smallest absolute Gasteiger partial charge is 0.165 e. The van der Waals surface area contributed by atoms with Gasteiger partial charge in [-0.05, 0) is 29.8 Å². The summed E-state index contributed by atoms with van der Waals surface area (Å²) in [4.78, 5) is 3.95. The Morgan fingerprint density at radius 1 is 1.11 bits per heavy atom. The lowest BCUT2D eigenvalue weighted by Crippen LogP contribution is -2.20. The van der Waals surface area contributed by atoms with Crippen molar-refractivity contribution in [2.45, 2.75) is 6.54 Å². The maximum atomic E-state index is 13.2. The molecule has 0 saturated heterocycles. The van der Waals surface area contributed by atoms with Crippen molar-refractivity contribution >= 4 is 0 Å². The fraction of sp³-hybridized carbons (Fsp3) is 0.214. The number of nitrogens with one attached hydrogen (secondary N) is 1. The van der Waals surface area contributed by atoms with Crippen LogP contribution in [0.5, 0.6) is 5.75 Å².